The van der Waals surface area contributed by atoms with Crippen LogP contribution >= 0.6 is 11.8 Å². The predicted molar refractivity (Wildman–Crippen MR) is 135 cm³/mol. The topological polar surface area (TPSA) is 96.2 Å². The van der Waals surface area contributed by atoms with Gasteiger partial charge in [-0.1, -0.05) is 48.5 Å². The molecule has 9 heteroatoms. The van der Waals surface area contributed by atoms with E-state index in [-0.39, 0.29) is 36.0 Å². The number of nitrogens with two attached hydrogens (primary N) is 1. The average molecular weight is 489 g/mol. The maximum Gasteiger partial charge on any atom is 0.292 e. The number of para-hydroxylation sites is 1. The van der Waals surface area contributed by atoms with E-state index in [1.54, 1.807) is 17.0 Å². The first-order valence-corrected chi connectivity index (χ1v) is 12.0. The number of fused-ring (bicyclic) bond motifs is 1. The lowest BCUT2D eigenvalue weighted by Gasteiger charge is -2.38. The third-order valence-electron chi connectivity index (χ3n) is 5.95. The molecule has 1 atom stereocenters. The molecule has 0 spiro atoms. The normalized spacial score (nSPS) is 17.8. The van der Waals surface area contributed by atoms with Crippen molar-refractivity contribution in [3.8, 4) is 0 Å². The van der Waals surface area contributed by atoms with Crippen molar-refractivity contribution in [1.82, 2.24) is 9.80 Å². The van der Waals surface area contributed by atoms with Gasteiger partial charge >= 0.3 is 0 Å². The molecule has 0 saturated carbocycles. The molecule has 3 aromatic rings. The van der Waals surface area contributed by atoms with Crippen LogP contribution in [-0.2, 0) is 16.1 Å². The summed E-state index contributed by atoms with van der Waals surface area (Å²) >= 11 is 0.653. The van der Waals surface area contributed by atoms with E-state index in [1.165, 1.54) is 4.90 Å². The largest absolute Gasteiger partial charge is 0.399 e. The summed E-state index contributed by atoms with van der Waals surface area (Å²) in [6.45, 7) is 0.948. The summed E-state index contributed by atoms with van der Waals surface area (Å²) in [6.07, 6.45) is -0.985. The Labute approximate surface area is 207 Å². The van der Waals surface area contributed by atoms with Gasteiger partial charge in [-0.15, -0.1) is 0 Å². The molecular formula is C26H24N4O4S. The highest BCUT2D eigenvalue weighted by Crippen LogP contribution is 2.35. The van der Waals surface area contributed by atoms with Crippen LogP contribution in [0.15, 0.2) is 78.9 Å². The van der Waals surface area contributed by atoms with Crippen molar-refractivity contribution in [3.63, 3.8) is 0 Å². The monoisotopic (exact) mass is 488 g/mol. The van der Waals surface area contributed by atoms with Crippen LogP contribution in [0.25, 0.3) is 0 Å². The van der Waals surface area contributed by atoms with E-state index in [2.05, 4.69) is 0 Å². The Kier molecular flexibility index (Phi) is 6.43. The van der Waals surface area contributed by atoms with Crippen LogP contribution in [0.1, 0.15) is 15.9 Å². The van der Waals surface area contributed by atoms with Crippen molar-refractivity contribution >= 4 is 45.1 Å². The van der Waals surface area contributed by atoms with E-state index in [4.69, 9.17) is 10.5 Å². The number of carbonyl (C=O) groups is 3. The number of hydrogen-bond acceptors (Lipinski definition) is 7. The molecule has 1 unspecified atom stereocenters. The first-order chi connectivity index (χ1) is 17.0. The number of carbonyl (C=O) groups excluding carboxylic acids is 3. The Morgan fingerprint density at radius 1 is 0.943 bits per heavy atom. The molecule has 3 aromatic carbocycles. The number of anilines is 3. The number of nitrogen functional groups attached to an aromatic ring is 1. The molecule has 0 radical (unpaired) electrons. The fourth-order valence-electron chi connectivity index (χ4n) is 4.22. The molecular weight excluding hydrogens is 464 g/mol. The van der Waals surface area contributed by atoms with Crippen molar-refractivity contribution in [1.29, 1.82) is 0 Å². The fourth-order valence-corrected chi connectivity index (χ4v) is 4.97. The van der Waals surface area contributed by atoms with Gasteiger partial charge in [0.25, 0.3) is 11.1 Å². The maximum absolute atomic E-state index is 13.2. The van der Waals surface area contributed by atoms with Gasteiger partial charge in [-0.25, -0.2) is 0 Å². The van der Waals surface area contributed by atoms with Crippen molar-refractivity contribution < 1.29 is 19.1 Å². The first-order valence-electron chi connectivity index (χ1n) is 11.2. The van der Waals surface area contributed by atoms with Gasteiger partial charge in [0, 0.05) is 36.2 Å². The lowest BCUT2D eigenvalue weighted by molar-refractivity contribution is -0.129. The molecule has 2 heterocycles. The zero-order valence-corrected chi connectivity index (χ0v) is 19.7. The minimum atomic E-state index is -0.985. The van der Waals surface area contributed by atoms with Crippen LogP contribution < -0.4 is 10.6 Å². The summed E-state index contributed by atoms with van der Waals surface area (Å²) in [6, 6.07) is 24.5. The van der Waals surface area contributed by atoms with Crippen LogP contribution in [0.3, 0.4) is 0 Å². The second-order valence-electron chi connectivity index (χ2n) is 8.27. The van der Waals surface area contributed by atoms with Gasteiger partial charge in [0.15, 0.2) is 0 Å². The fraction of sp³-hybridized carbons (Fsp3) is 0.192. The van der Waals surface area contributed by atoms with Crippen molar-refractivity contribution in [2.24, 2.45) is 0 Å². The number of thioether (sulfide) groups is 1. The van der Waals surface area contributed by atoms with E-state index < -0.39 is 6.23 Å². The molecule has 178 valence electrons. The van der Waals surface area contributed by atoms with Gasteiger partial charge in [0.2, 0.25) is 11.3 Å². The molecule has 2 amide bonds. The van der Waals surface area contributed by atoms with Crippen LogP contribution in [-0.4, -0.2) is 52.1 Å². The lowest BCUT2D eigenvalue weighted by Crippen LogP contribution is -2.47. The highest BCUT2D eigenvalue weighted by Gasteiger charge is 2.41. The molecule has 8 nitrogen and oxygen atoms in total. The smallest absolute Gasteiger partial charge is 0.292 e. The molecule has 2 aliphatic rings. The van der Waals surface area contributed by atoms with Crippen molar-refractivity contribution in [3.05, 3.63) is 90.0 Å². The molecule has 0 aliphatic carbocycles. The molecule has 2 aliphatic heterocycles. The van der Waals surface area contributed by atoms with Gasteiger partial charge in [-0.05, 0) is 35.9 Å². The van der Waals surface area contributed by atoms with Gasteiger partial charge in [0.1, 0.15) is 0 Å². The predicted octanol–water partition coefficient (Wildman–Crippen LogP) is 4.06. The SMILES string of the molecule is Nc1ccc2c(c1)C(=O)N(CCOC1C(=O)SC(=O)N1Cc1ccccc1)CN2c1ccccc1. The standard InChI is InChI=1S/C26H24N4O4S/c27-19-11-12-22-21(15-19)23(31)28(17-30(22)20-9-5-2-6-10-20)13-14-34-24-25(32)35-26(33)29(24)16-18-7-3-1-4-8-18/h1-12,15,24H,13-14,16-17,27H2. The minimum Gasteiger partial charge on any atom is -0.399 e. The number of benzene rings is 3. The summed E-state index contributed by atoms with van der Waals surface area (Å²) in [5.41, 5.74) is 9.62. The van der Waals surface area contributed by atoms with Crippen molar-refractivity contribution in [2.75, 3.05) is 30.5 Å². The summed E-state index contributed by atoms with van der Waals surface area (Å²) in [4.78, 5) is 43.2. The number of rotatable bonds is 7. The summed E-state index contributed by atoms with van der Waals surface area (Å²) in [5, 5.41) is -0.683. The van der Waals surface area contributed by atoms with Gasteiger partial charge < -0.3 is 20.3 Å². The van der Waals surface area contributed by atoms with Crippen LogP contribution in [0.4, 0.5) is 21.9 Å². The minimum absolute atomic E-state index is 0.0988. The van der Waals surface area contributed by atoms with Gasteiger partial charge in [-0.2, -0.15) is 0 Å². The summed E-state index contributed by atoms with van der Waals surface area (Å²) < 4.78 is 5.87. The van der Waals surface area contributed by atoms with E-state index in [0.717, 1.165) is 16.9 Å². The van der Waals surface area contributed by atoms with Crippen LogP contribution in [0, 0.1) is 0 Å². The van der Waals surface area contributed by atoms with Gasteiger partial charge in [0.05, 0.1) is 24.5 Å². The average Bonchev–Trinajstić information content (AvgIpc) is 3.13. The van der Waals surface area contributed by atoms with E-state index >= 15 is 0 Å². The van der Waals surface area contributed by atoms with E-state index in [9.17, 15) is 14.4 Å². The third-order valence-corrected chi connectivity index (χ3v) is 6.76. The molecule has 2 N–H and O–H groups in total. The Morgan fingerprint density at radius 2 is 1.66 bits per heavy atom. The third kappa shape index (κ3) is 4.73. The number of ether oxygens (including phenoxy) is 1. The van der Waals surface area contributed by atoms with Crippen LogP contribution in [0.2, 0.25) is 0 Å². The Balaban J connectivity index is 1.30. The number of amides is 2. The molecule has 1 saturated heterocycles. The summed E-state index contributed by atoms with van der Waals surface area (Å²) in [7, 11) is 0. The van der Waals surface area contributed by atoms with E-state index in [0.29, 0.717) is 29.7 Å². The van der Waals surface area contributed by atoms with Gasteiger partial charge in [-0.3, -0.25) is 19.3 Å². The molecule has 0 bridgehead atoms. The molecule has 0 aromatic heterocycles. The first kappa shape index (κ1) is 22.9. The summed E-state index contributed by atoms with van der Waals surface area (Å²) in [5.74, 6) is -0.160. The Hall–Kier alpha value is -3.82. The zero-order valence-electron chi connectivity index (χ0n) is 18.9. The molecule has 1 fully saturated rings. The highest BCUT2D eigenvalue weighted by atomic mass is 32.2. The molecule has 35 heavy (non-hydrogen) atoms. The second kappa shape index (κ2) is 9.81. The molecule has 5 rings (SSSR count). The highest BCUT2D eigenvalue weighted by molar-refractivity contribution is 8.26. The lowest BCUT2D eigenvalue weighted by atomic mass is 10.1. The zero-order chi connectivity index (χ0) is 24.4. The second-order valence-corrected chi connectivity index (χ2v) is 9.23. The van der Waals surface area contributed by atoms with Crippen molar-refractivity contribution in [2.45, 2.75) is 12.8 Å². The number of hydrogen-bond donors (Lipinski definition) is 1. The quantitative estimate of drug-likeness (QED) is 0.501. The Morgan fingerprint density at radius 3 is 2.40 bits per heavy atom. The van der Waals surface area contributed by atoms with E-state index in [1.807, 2.05) is 71.6 Å². The Bertz CT molecular complexity index is 1250. The maximum atomic E-state index is 13.2. The van der Waals surface area contributed by atoms with Crippen LogP contribution in [0.5, 0.6) is 0 Å². The number of nitrogens with zero attached hydrogens (tertiary/aromatic N) is 3.